The average molecular weight is 374 g/mol. The topological polar surface area (TPSA) is 41.5 Å². The van der Waals surface area contributed by atoms with Crippen molar-refractivity contribution >= 4 is 28.9 Å². The molecular formula is C20H17Cl2NO2. The minimum absolute atomic E-state index is 0.257. The Bertz CT molecular complexity index is 833. The third-order valence-electron chi connectivity index (χ3n) is 3.70. The molecule has 0 aromatic heterocycles. The highest BCUT2D eigenvalue weighted by molar-refractivity contribution is 6.35. The summed E-state index contributed by atoms with van der Waals surface area (Å²) in [5.74, 6) is 1.03. The Morgan fingerprint density at radius 3 is 2.28 bits per heavy atom. The van der Waals surface area contributed by atoms with Crippen LogP contribution in [0.15, 0.2) is 66.7 Å². The molecule has 0 unspecified atom stereocenters. The first kappa shape index (κ1) is 17.5. The molecule has 0 saturated carbocycles. The van der Waals surface area contributed by atoms with Crippen LogP contribution in [0.2, 0.25) is 10.0 Å². The lowest BCUT2D eigenvalue weighted by atomic mass is 10.2. The molecule has 25 heavy (non-hydrogen) atoms. The first-order valence-electron chi connectivity index (χ1n) is 7.79. The highest BCUT2D eigenvalue weighted by Gasteiger charge is 2.03. The van der Waals surface area contributed by atoms with E-state index in [2.05, 4.69) is 5.32 Å². The minimum Gasteiger partial charge on any atom is -0.508 e. The van der Waals surface area contributed by atoms with Gasteiger partial charge in [-0.15, -0.1) is 0 Å². The van der Waals surface area contributed by atoms with Gasteiger partial charge in [0.15, 0.2) is 0 Å². The zero-order valence-electron chi connectivity index (χ0n) is 13.4. The lowest BCUT2D eigenvalue weighted by Crippen LogP contribution is -2.00. The summed E-state index contributed by atoms with van der Waals surface area (Å²) in [6.07, 6.45) is 0. The molecule has 0 aliphatic rings. The van der Waals surface area contributed by atoms with Crippen LogP contribution < -0.4 is 10.1 Å². The Labute approximate surface area is 156 Å². The maximum atomic E-state index is 9.28. The normalized spacial score (nSPS) is 10.5. The second-order valence-corrected chi connectivity index (χ2v) is 6.41. The van der Waals surface area contributed by atoms with Gasteiger partial charge in [-0.25, -0.2) is 0 Å². The van der Waals surface area contributed by atoms with Crippen molar-refractivity contribution in [2.75, 3.05) is 5.32 Å². The fourth-order valence-electron chi connectivity index (χ4n) is 2.29. The Kier molecular flexibility index (Phi) is 5.69. The smallest absolute Gasteiger partial charge is 0.119 e. The number of ether oxygens (including phenoxy) is 1. The fourth-order valence-corrected chi connectivity index (χ4v) is 2.75. The van der Waals surface area contributed by atoms with Crippen LogP contribution in [0.4, 0.5) is 5.69 Å². The van der Waals surface area contributed by atoms with Gasteiger partial charge in [0, 0.05) is 27.8 Å². The standard InChI is InChI=1S/C20H17Cl2NO2/c21-16-4-3-15(20(22)11-16)13-25-19-9-1-14(2-10-19)12-23-17-5-7-18(24)8-6-17/h1-11,23-24H,12-13H2. The third kappa shape index (κ3) is 5.05. The number of rotatable bonds is 6. The number of anilines is 1. The van der Waals surface area contributed by atoms with Crippen molar-refractivity contribution in [3.63, 3.8) is 0 Å². The number of aromatic hydroxyl groups is 1. The van der Waals surface area contributed by atoms with Gasteiger partial charge < -0.3 is 15.2 Å². The largest absolute Gasteiger partial charge is 0.508 e. The van der Waals surface area contributed by atoms with Crippen LogP contribution in [0, 0.1) is 0 Å². The molecule has 0 atom stereocenters. The summed E-state index contributed by atoms with van der Waals surface area (Å²) in [5, 5.41) is 13.8. The summed E-state index contributed by atoms with van der Waals surface area (Å²) in [6.45, 7) is 1.08. The number of phenolic OH excluding ortho intramolecular Hbond substituents is 1. The minimum atomic E-state index is 0.257. The summed E-state index contributed by atoms with van der Waals surface area (Å²) in [6, 6.07) is 20.2. The molecule has 0 saturated heterocycles. The molecule has 3 rings (SSSR count). The molecule has 5 heteroatoms. The molecule has 0 aliphatic heterocycles. The summed E-state index contributed by atoms with van der Waals surface area (Å²) < 4.78 is 5.77. The number of halogens is 2. The predicted molar refractivity (Wildman–Crippen MR) is 103 cm³/mol. The van der Waals surface area contributed by atoms with E-state index in [-0.39, 0.29) is 5.75 Å². The number of benzene rings is 3. The number of nitrogens with one attached hydrogen (secondary N) is 1. The number of hydrogen-bond donors (Lipinski definition) is 2. The van der Waals surface area contributed by atoms with Gasteiger partial charge in [-0.05, 0) is 54.1 Å². The molecule has 0 bridgehead atoms. The summed E-state index contributed by atoms with van der Waals surface area (Å²) in [5.41, 5.74) is 2.98. The molecule has 128 valence electrons. The van der Waals surface area contributed by atoms with Crippen molar-refractivity contribution in [2.45, 2.75) is 13.2 Å². The molecule has 3 aromatic carbocycles. The fraction of sp³-hybridized carbons (Fsp3) is 0.100. The molecule has 3 nitrogen and oxygen atoms in total. The van der Waals surface area contributed by atoms with Gasteiger partial charge in [-0.3, -0.25) is 0 Å². The molecule has 0 heterocycles. The van der Waals surface area contributed by atoms with Crippen LogP contribution in [0.3, 0.4) is 0 Å². The van der Waals surface area contributed by atoms with Crippen molar-refractivity contribution in [1.29, 1.82) is 0 Å². The molecule has 0 fully saturated rings. The molecule has 2 N–H and O–H groups in total. The quantitative estimate of drug-likeness (QED) is 0.529. The SMILES string of the molecule is Oc1ccc(NCc2ccc(OCc3ccc(Cl)cc3Cl)cc2)cc1. The van der Waals surface area contributed by atoms with E-state index in [1.54, 1.807) is 24.3 Å². The monoisotopic (exact) mass is 373 g/mol. The van der Waals surface area contributed by atoms with E-state index in [4.69, 9.17) is 27.9 Å². The van der Waals surface area contributed by atoms with Crippen LogP contribution in [-0.2, 0) is 13.2 Å². The molecule has 3 aromatic rings. The van der Waals surface area contributed by atoms with Crippen LogP contribution in [0.25, 0.3) is 0 Å². The van der Waals surface area contributed by atoms with Crippen molar-refractivity contribution < 1.29 is 9.84 Å². The van der Waals surface area contributed by atoms with E-state index in [0.29, 0.717) is 23.2 Å². The number of phenols is 1. The van der Waals surface area contributed by atoms with Crippen molar-refractivity contribution in [1.82, 2.24) is 0 Å². The van der Waals surface area contributed by atoms with Gasteiger partial charge in [0.2, 0.25) is 0 Å². The van der Waals surface area contributed by atoms with Gasteiger partial charge in [0.1, 0.15) is 18.1 Å². The molecule has 0 spiro atoms. The van der Waals surface area contributed by atoms with Gasteiger partial charge in [-0.1, -0.05) is 41.4 Å². The van der Waals surface area contributed by atoms with Crippen LogP contribution in [-0.4, -0.2) is 5.11 Å². The summed E-state index contributed by atoms with van der Waals surface area (Å²) >= 11 is 12.0. The predicted octanol–water partition coefficient (Wildman–Crippen LogP) is 5.89. The van der Waals surface area contributed by atoms with Crippen LogP contribution >= 0.6 is 23.2 Å². The second kappa shape index (κ2) is 8.15. The molecule has 0 radical (unpaired) electrons. The van der Waals surface area contributed by atoms with Gasteiger partial charge >= 0.3 is 0 Å². The van der Waals surface area contributed by atoms with E-state index < -0.39 is 0 Å². The first-order chi connectivity index (χ1) is 12.1. The van der Waals surface area contributed by atoms with Crippen molar-refractivity contribution in [3.05, 3.63) is 87.9 Å². The maximum absolute atomic E-state index is 9.28. The Hall–Kier alpha value is -2.36. The van der Waals surface area contributed by atoms with E-state index in [1.165, 1.54) is 0 Å². The first-order valence-corrected chi connectivity index (χ1v) is 8.54. The molecule has 0 amide bonds. The highest BCUT2D eigenvalue weighted by atomic mass is 35.5. The Balaban J connectivity index is 1.54. The zero-order chi connectivity index (χ0) is 17.6. The lowest BCUT2D eigenvalue weighted by molar-refractivity contribution is 0.306. The summed E-state index contributed by atoms with van der Waals surface area (Å²) in [7, 11) is 0. The number of hydrogen-bond acceptors (Lipinski definition) is 3. The lowest BCUT2D eigenvalue weighted by Gasteiger charge is -2.10. The van der Waals surface area contributed by atoms with Crippen LogP contribution in [0.1, 0.15) is 11.1 Å². The van der Waals surface area contributed by atoms with Crippen molar-refractivity contribution in [2.24, 2.45) is 0 Å². The maximum Gasteiger partial charge on any atom is 0.119 e. The van der Waals surface area contributed by atoms with Gasteiger partial charge in [-0.2, -0.15) is 0 Å². The highest BCUT2D eigenvalue weighted by Crippen LogP contribution is 2.23. The Morgan fingerprint density at radius 2 is 1.60 bits per heavy atom. The Morgan fingerprint density at radius 1 is 0.880 bits per heavy atom. The molecular weight excluding hydrogens is 357 g/mol. The second-order valence-electron chi connectivity index (χ2n) is 5.57. The van der Waals surface area contributed by atoms with E-state index in [0.717, 1.165) is 22.6 Å². The third-order valence-corrected chi connectivity index (χ3v) is 4.28. The summed E-state index contributed by atoms with van der Waals surface area (Å²) in [4.78, 5) is 0. The van der Waals surface area contributed by atoms with E-state index >= 15 is 0 Å². The zero-order valence-corrected chi connectivity index (χ0v) is 14.9. The molecule has 0 aliphatic carbocycles. The van der Waals surface area contributed by atoms with E-state index in [1.807, 2.05) is 42.5 Å². The van der Waals surface area contributed by atoms with E-state index in [9.17, 15) is 5.11 Å². The van der Waals surface area contributed by atoms with Crippen molar-refractivity contribution in [3.8, 4) is 11.5 Å². The van der Waals surface area contributed by atoms with Gasteiger partial charge in [0.25, 0.3) is 0 Å². The van der Waals surface area contributed by atoms with Gasteiger partial charge in [0.05, 0.1) is 0 Å². The average Bonchev–Trinajstić information content (AvgIpc) is 2.61. The van der Waals surface area contributed by atoms with Crippen LogP contribution in [0.5, 0.6) is 11.5 Å².